The molecule has 1 aromatic heterocycles. The maximum atomic E-state index is 11.8. The Morgan fingerprint density at radius 3 is 2.30 bits per heavy atom. The van der Waals surface area contributed by atoms with E-state index in [2.05, 4.69) is 21.2 Å². The van der Waals surface area contributed by atoms with E-state index in [1.165, 1.54) is 20.3 Å². The van der Waals surface area contributed by atoms with Gasteiger partial charge in [0, 0.05) is 23.9 Å². The minimum atomic E-state index is -0.728. The number of carbonyl (C=O) groups is 2. The van der Waals surface area contributed by atoms with Crippen LogP contribution in [0.3, 0.4) is 0 Å². The van der Waals surface area contributed by atoms with Crippen LogP contribution >= 0.6 is 15.9 Å². The van der Waals surface area contributed by atoms with E-state index in [1.807, 2.05) is 0 Å². The van der Waals surface area contributed by atoms with Crippen LogP contribution in [-0.4, -0.2) is 32.7 Å². The maximum absolute atomic E-state index is 11.8. The van der Waals surface area contributed by atoms with Crippen LogP contribution in [0.4, 0.5) is 5.69 Å². The summed E-state index contributed by atoms with van der Waals surface area (Å²) in [6, 6.07) is 7.90. The fraction of sp³-hybridized carbons (Fsp3) is 0.200. The number of rotatable bonds is 6. The molecule has 0 fully saturated rings. The molecule has 2 rings (SSSR count). The fourth-order valence-corrected chi connectivity index (χ4v) is 2.01. The SMILES string of the molecule is COc1cc(NC(=O)COC(=O)c2ccc(Br)o2)cc(OC)c1. The number of carbonyl (C=O) groups excluding carboxylic acids is 2. The number of benzene rings is 1. The van der Waals surface area contributed by atoms with Gasteiger partial charge in [-0.3, -0.25) is 4.79 Å². The second kappa shape index (κ2) is 7.68. The van der Waals surface area contributed by atoms with Gasteiger partial charge in [-0.25, -0.2) is 4.79 Å². The lowest BCUT2D eigenvalue weighted by atomic mass is 10.2. The van der Waals surface area contributed by atoms with Crippen molar-refractivity contribution in [3.63, 3.8) is 0 Å². The monoisotopic (exact) mass is 383 g/mol. The van der Waals surface area contributed by atoms with Crippen LogP contribution in [0.1, 0.15) is 10.6 Å². The number of halogens is 1. The van der Waals surface area contributed by atoms with Gasteiger partial charge in [0.15, 0.2) is 11.3 Å². The van der Waals surface area contributed by atoms with Crippen molar-refractivity contribution in [2.24, 2.45) is 0 Å². The molecule has 1 heterocycles. The summed E-state index contributed by atoms with van der Waals surface area (Å²) < 4.78 is 20.5. The number of esters is 1. The number of furan rings is 1. The number of hydrogen-bond acceptors (Lipinski definition) is 6. The molecule has 1 N–H and O–H groups in total. The van der Waals surface area contributed by atoms with Crippen LogP contribution in [0.5, 0.6) is 11.5 Å². The summed E-state index contributed by atoms with van der Waals surface area (Å²) in [5.74, 6) is -0.171. The van der Waals surface area contributed by atoms with E-state index >= 15 is 0 Å². The predicted molar refractivity (Wildman–Crippen MR) is 84.9 cm³/mol. The molecule has 1 amide bonds. The molecular formula is C15H14BrNO6. The Morgan fingerprint density at radius 2 is 1.78 bits per heavy atom. The van der Waals surface area contributed by atoms with Crippen LogP contribution in [-0.2, 0) is 9.53 Å². The van der Waals surface area contributed by atoms with Crippen molar-refractivity contribution in [2.45, 2.75) is 0 Å². The molecule has 0 unspecified atom stereocenters. The first-order chi connectivity index (χ1) is 11.0. The molecule has 0 spiro atoms. The highest BCUT2D eigenvalue weighted by Gasteiger charge is 2.14. The number of anilines is 1. The van der Waals surface area contributed by atoms with E-state index < -0.39 is 18.5 Å². The molecule has 0 aliphatic rings. The standard InChI is InChI=1S/C15H14BrNO6/c1-20-10-5-9(6-11(7-10)21-2)17-14(18)8-22-15(19)12-3-4-13(16)23-12/h3-7H,8H2,1-2H3,(H,17,18). The minimum Gasteiger partial charge on any atom is -0.497 e. The largest absolute Gasteiger partial charge is 0.497 e. The molecule has 0 aliphatic heterocycles. The van der Waals surface area contributed by atoms with Gasteiger partial charge in [0.2, 0.25) is 5.76 Å². The van der Waals surface area contributed by atoms with Gasteiger partial charge in [0.25, 0.3) is 5.91 Å². The Bertz CT molecular complexity index is 689. The Morgan fingerprint density at radius 1 is 1.13 bits per heavy atom. The van der Waals surface area contributed by atoms with Gasteiger partial charge in [-0.15, -0.1) is 0 Å². The molecule has 0 saturated carbocycles. The highest BCUT2D eigenvalue weighted by atomic mass is 79.9. The van der Waals surface area contributed by atoms with E-state index in [9.17, 15) is 9.59 Å². The van der Waals surface area contributed by atoms with Crippen molar-refractivity contribution in [1.29, 1.82) is 0 Å². The van der Waals surface area contributed by atoms with E-state index in [0.717, 1.165) is 0 Å². The maximum Gasteiger partial charge on any atom is 0.374 e. The smallest absolute Gasteiger partial charge is 0.374 e. The van der Waals surface area contributed by atoms with Crippen LogP contribution in [0, 0.1) is 0 Å². The van der Waals surface area contributed by atoms with E-state index in [4.69, 9.17) is 18.6 Å². The van der Waals surface area contributed by atoms with Gasteiger partial charge >= 0.3 is 5.97 Å². The van der Waals surface area contributed by atoms with Gasteiger partial charge in [-0.1, -0.05) is 0 Å². The average Bonchev–Trinajstić information content (AvgIpc) is 2.98. The van der Waals surface area contributed by atoms with Gasteiger partial charge in [0.1, 0.15) is 11.5 Å². The van der Waals surface area contributed by atoms with Gasteiger partial charge in [-0.05, 0) is 28.1 Å². The molecule has 0 aliphatic carbocycles. The summed E-state index contributed by atoms with van der Waals surface area (Å²) in [6.45, 7) is -0.448. The summed E-state index contributed by atoms with van der Waals surface area (Å²) in [6.07, 6.45) is 0. The Labute approximate surface area is 140 Å². The number of ether oxygens (including phenoxy) is 3. The first-order valence-electron chi connectivity index (χ1n) is 6.47. The zero-order valence-electron chi connectivity index (χ0n) is 12.4. The van der Waals surface area contributed by atoms with Crippen LogP contribution in [0.2, 0.25) is 0 Å². The zero-order chi connectivity index (χ0) is 16.8. The molecule has 7 nitrogen and oxygen atoms in total. The van der Waals surface area contributed by atoms with Gasteiger partial charge in [-0.2, -0.15) is 0 Å². The lowest BCUT2D eigenvalue weighted by Crippen LogP contribution is -2.20. The highest BCUT2D eigenvalue weighted by Crippen LogP contribution is 2.25. The Balaban J connectivity index is 1.93. The predicted octanol–water partition coefficient (Wildman–Crippen LogP) is 2.85. The van der Waals surface area contributed by atoms with Gasteiger partial charge in [0.05, 0.1) is 14.2 Å². The Kier molecular flexibility index (Phi) is 5.64. The molecular weight excluding hydrogens is 370 g/mol. The molecule has 0 bridgehead atoms. The van der Waals surface area contributed by atoms with Crippen molar-refractivity contribution in [2.75, 3.05) is 26.1 Å². The summed E-state index contributed by atoms with van der Waals surface area (Å²) in [4.78, 5) is 23.5. The Hall–Kier alpha value is -2.48. The highest BCUT2D eigenvalue weighted by molar-refractivity contribution is 9.10. The third-order valence-corrected chi connectivity index (χ3v) is 3.17. The lowest BCUT2D eigenvalue weighted by molar-refractivity contribution is -0.119. The topological polar surface area (TPSA) is 87.0 Å². The van der Waals surface area contributed by atoms with Crippen molar-refractivity contribution in [3.8, 4) is 11.5 Å². The second-order valence-electron chi connectivity index (χ2n) is 4.33. The van der Waals surface area contributed by atoms with E-state index in [1.54, 1.807) is 24.3 Å². The third kappa shape index (κ3) is 4.75. The average molecular weight is 384 g/mol. The minimum absolute atomic E-state index is 0.00715. The summed E-state index contributed by atoms with van der Waals surface area (Å²) in [5, 5.41) is 2.59. The molecule has 2 aromatic rings. The quantitative estimate of drug-likeness (QED) is 0.771. The molecule has 0 radical (unpaired) electrons. The van der Waals surface area contributed by atoms with Crippen LogP contribution < -0.4 is 14.8 Å². The summed E-state index contributed by atoms with van der Waals surface area (Å²) >= 11 is 3.07. The van der Waals surface area contributed by atoms with E-state index in [0.29, 0.717) is 21.9 Å². The molecule has 1 aromatic carbocycles. The van der Waals surface area contributed by atoms with Crippen LogP contribution in [0.15, 0.2) is 39.4 Å². The zero-order valence-corrected chi connectivity index (χ0v) is 14.0. The van der Waals surface area contributed by atoms with Crippen molar-refractivity contribution in [1.82, 2.24) is 0 Å². The first kappa shape index (κ1) is 16.9. The first-order valence-corrected chi connectivity index (χ1v) is 7.26. The third-order valence-electron chi connectivity index (χ3n) is 2.74. The van der Waals surface area contributed by atoms with E-state index in [-0.39, 0.29) is 5.76 Å². The van der Waals surface area contributed by atoms with Crippen molar-refractivity contribution < 1.29 is 28.2 Å². The summed E-state index contributed by atoms with van der Waals surface area (Å²) in [7, 11) is 3.01. The molecule has 8 heteroatoms. The lowest BCUT2D eigenvalue weighted by Gasteiger charge is -2.10. The molecule has 0 atom stereocenters. The number of methoxy groups -OCH3 is 2. The van der Waals surface area contributed by atoms with Crippen molar-refractivity contribution >= 4 is 33.5 Å². The molecule has 23 heavy (non-hydrogen) atoms. The second-order valence-corrected chi connectivity index (χ2v) is 5.11. The number of hydrogen-bond donors (Lipinski definition) is 1. The number of nitrogens with one attached hydrogen (secondary N) is 1. The van der Waals surface area contributed by atoms with Crippen LogP contribution in [0.25, 0.3) is 0 Å². The summed E-state index contributed by atoms with van der Waals surface area (Å²) in [5.41, 5.74) is 0.461. The van der Waals surface area contributed by atoms with Crippen molar-refractivity contribution in [3.05, 3.63) is 40.8 Å². The molecule has 122 valence electrons. The molecule has 0 saturated heterocycles. The fourth-order valence-electron chi connectivity index (χ4n) is 1.70. The number of amides is 1. The normalized spacial score (nSPS) is 10.0. The van der Waals surface area contributed by atoms with Gasteiger partial charge < -0.3 is 23.9 Å².